The van der Waals surface area contributed by atoms with Crippen LogP contribution in [-0.4, -0.2) is 25.8 Å². The molecule has 6 heteroatoms. The van der Waals surface area contributed by atoms with Crippen LogP contribution in [0.5, 0.6) is 0 Å². The van der Waals surface area contributed by atoms with Crippen molar-refractivity contribution in [2.45, 2.75) is 95.0 Å². The highest BCUT2D eigenvalue weighted by Crippen LogP contribution is 2.38. The summed E-state index contributed by atoms with van der Waals surface area (Å²) in [5.41, 5.74) is 2.29. The zero-order chi connectivity index (χ0) is 24.8. The van der Waals surface area contributed by atoms with Crippen molar-refractivity contribution < 1.29 is 4.43 Å². The zero-order valence-corrected chi connectivity index (χ0v) is 25.2. The Morgan fingerprint density at radius 2 is 1.58 bits per heavy atom. The molecule has 2 aromatic carbocycles. The van der Waals surface area contributed by atoms with Crippen LogP contribution < -0.4 is 5.32 Å². The van der Waals surface area contributed by atoms with Gasteiger partial charge in [-0.3, -0.25) is 0 Å². The third kappa shape index (κ3) is 9.95. The third-order valence-electron chi connectivity index (χ3n) is 5.34. The summed E-state index contributed by atoms with van der Waals surface area (Å²) in [5.74, 6) is 0. The van der Waals surface area contributed by atoms with E-state index in [0.29, 0.717) is 11.3 Å². The first-order chi connectivity index (χ1) is 15.3. The number of hydrogen-bond donors (Lipinski definition) is 1. The van der Waals surface area contributed by atoms with Gasteiger partial charge in [-0.25, -0.2) is 0 Å². The number of rotatable bonds is 10. The second-order valence-corrected chi connectivity index (χ2v) is 16.8. The minimum Gasteiger partial charge on any atom is -0.415 e. The summed E-state index contributed by atoms with van der Waals surface area (Å²) in [4.78, 5) is 0. The SMILES string of the molecule is CC[C@H](N[C@H](c1ccc(Cl)cc1)[C@H](O[SiH2]C(C)(C)C)c1cccc(Cl)c1)[C@@H](C)SC(C)(C)C. The molecule has 0 heterocycles. The molecule has 0 aromatic heterocycles. The Hall–Kier alpha value is -0.493. The second-order valence-electron chi connectivity index (χ2n) is 11.0. The summed E-state index contributed by atoms with van der Waals surface area (Å²) < 4.78 is 7.00. The Bertz CT molecular complexity index is 864. The fourth-order valence-corrected chi connectivity index (χ4v) is 6.83. The van der Waals surface area contributed by atoms with Gasteiger partial charge in [-0.2, -0.15) is 11.8 Å². The fourth-order valence-electron chi connectivity index (χ4n) is 3.89. The molecule has 1 N–H and O–H groups in total. The Labute approximate surface area is 218 Å². The minimum atomic E-state index is -0.811. The van der Waals surface area contributed by atoms with E-state index in [1.807, 2.05) is 42.1 Å². The lowest BCUT2D eigenvalue weighted by molar-refractivity contribution is 0.146. The van der Waals surface area contributed by atoms with Gasteiger partial charge in [-0.05, 0) is 46.9 Å². The summed E-state index contributed by atoms with van der Waals surface area (Å²) in [7, 11) is -0.811. The van der Waals surface area contributed by atoms with Gasteiger partial charge in [-0.1, -0.05) is 103 Å². The standard InChI is InChI=1S/C27H41Cl2NOSSi/c1-9-23(18(2)32-26(3,4)5)30-24(19-13-15-21(28)16-14-19)25(31-33-27(6,7)8)20-11-10-12-22(29)17-20/h10-18,23-25,30H,9,33H2,1-8H3/t18-,23+,24-,25-/m1/s1. The predicted molar refractivity (Wildman–Crippen MR) is 152 cm³/mol. The highest BCUT2D eigenvalue weighted by molar-refractivity contribution is 8.01. The van der Waals surface area contributed by atoms with Crippen LogP contribution in [0.4, 0.5) is 0 Å². The Morgan fingerprint density at radius 3 is 2.09 bits per heavy atom. The van der Waals surface area contributed by atoms with Crippen LogP contribution in [0, 0.1) is 0 Å². The molecule has 2 aromatic rings. The molecule has 2 rings (SSSR count). The van der Waals surface area contributed by atoms with E-state index in [0.717, 1.165) is 22.0 Å². The molecule has 0 fully saturated rings. The summed E-state index contributed by atoms with van der Waals surface area (Å²) >= 11 is 14.7. The summed E-state index contributed by atoms with van der Waals surface area (Å²) in [6, 6.07) is 16.6. The van der Waals surface area contributed by atoms with Crippen molar-refractivity contribution in [3.05, 3.63) is 69.7 Å². The third-order valence-corrected chi connectivity index (χ3v) is 8.63. The van der Waals surface area contributed by atoms with Crippen molar-refractivity contribution in [2.24, 2.45) is 0 Å². The lowest BCUT2D eigenvalue weighted by atomic mass is 9.94. The molecule has 0 aliphatic heterocycles. The summed E-state index contributed by atoms with van der Waals surface area (Å²) in [6.45, 7) is 18.2. The molecule has 0 amide bonds. The Balaban J connectivity index is 2.49. The van der Waals surface area contributed by atoms with E-state index in [-0.39, 0.29) is 21.9 Å². The van der Waals surface area contributed by atoms with E-state index in [1.165, 1.54) is 5.56 Å². The average molecular weight is 527 g/mol. The van der Waals surface area contributed by atoms with E-state index >= 15 is 0 Å². The lowest BCUT2D eigenvalue weighted by Crippen LogP contribution is -2.43. The predicted octanol–water partition coefficient (Wildman–Crippen LogP) is 8.38. The van der Waals surface area contributed by atoms with Crippen molar-refractivity contribution in [3.63, 3.8) is 0 Å². The van der Waals surface area contributed by atoms with Crippen LogP contribution in [0.25, 0.3) is 0 Å². The topological polar surface area (TPSA) is 21.3 Å². The minimum absolute atomic E-state index is 0.0106. The molecule has 0 radical (unpaired) electrons. The molecule has 184 valence electrons. The van der Waals surface area contributed by atoms with E-state index in [2.05, 4.69) is 78.9 Å². The van der Waals surface area contributed by atoms with Gasteiger partial charge >= 0.3 is 0 Å². The normalized spacial score (nSPS) is 16.7. The van der Waals surface area contributed by atoms with Gasteiger partial charge in [-0.15, -0.1) is 0 Å². The highest BCUT2D eigenvalue weighted by atomic mass is 35.5. The molecule has 0 saturated heterocycles. The van der Waals surface area contributed by atoms with E-state index < -0.39 is 9.76 Å². The van der Waals surface area contributed by atoms with Crippen LogP contribution in [0.1, 0.15) is 85.1 Å². The molecular formula is C27H41Cl2NOSSi. The molecule has 0 unspecified atom stereocenters. The quantitative estimate of drug-likeness (QED) is 0.314. The van der Waals surface area contributed by atoms with Crippen LogP contribution in [0.3, 0.4) is 0 Å². The van der Waals surface area contributed by atoms with Crippen molar-refractivity contribution in [2.75, 3.05) is 0 Å². The summed E-state index contributed by atoms with van der Waals surface area (Å²) in [5, 5.41) is 6.11. The zero-order valence-electron chi connectivity index (χ0n) is 21.4. The van der Waals surface area contributed by atoms with Crippen molar-refractivity contribution >= 4 is 44.7 Å². The first-order valence-corrected chi connectivity index (χ1v) is 14.8. The maximum Gasteiger partial charge on any atom is 0.167 e. The van der Waals surface area contributed by atoms with Crippen LogP contribution in [-0.2, 0) is 4.43 Å². The van der Waals surface area contributed by atoms with E-state index in [9.17, 15) is 0 Å². The maximum atomic E-state index is 6.80. The van der Waals surface area contributed by atoms with Crippen molar-refractivity contribution in [1.29, 1.82) is 0 Å². The van der Waals surface area contributed by atoms with Crippen LogP contribution in [0.2, 0.25) is 15.1 Å². The number of hydrogen-bond acceptors (Lipinski definition) is 3. The smallest absolute Gasteiger partial charge is 0.167 e. The molecule has 4 atom stereocenters. The van der Waals surface area contributed by atoms with Crippen LogP contribution >= 0.6 is 35.0 Å². The van der Waals surface area contributed by atoms with E-state index in [4.69, 9.17) is 27.6 Å². The summed E-state index contributed by atoms with van der Waals surface area (Å²) in [6.07, 6.45) is 0.907. The first kappa shape index (κ1) is 28.7. The highest BCUT2D eigenvalue weighted by Gasteiger charge is 2.32. The van der Waals surface area contributed by atoms with Gasteiger partial charge in [0.05, 0.1) is 12.1 Å². The first-order valence-electron chi connectivity index (χ1n) is 11.9. The average Bonchev–Trinajstić information content (AvgIpc) is 2.69. The molecule has 0 saturated carbocycles. The number of thioether (sulfide) groups is 1. The maximum absolute atomic E-state index is 6.80. The number of halogens is 2. The molecule has 33 heavy (non-hydrogen) atoms. The second kappa shape index (κ2) is 12.5. The molecule has 0 spiro atoms. The molecule has 0 bridgehead atoms. The molecule has 2 nitrogen and oxygen atoms in total. The molecule has 0 aliphatic carbocycles. The largest absolute Gasteiger partial charge is 0.415 e. The van der Waals surface area contributed by atoms with E-state index in [1.54, 1.807) is 0 Å². The Morgan fingerprint density at radius 1 is 0.939 bits per heavy atom. The van der Waals surface area contributed by atoms with Crippen LogP contribution in [0.15, 0.2) is 48.5 Å². The number of nitrogens with one attached hydrogen (secondary N) is 1. The lowest BCUT2D eigenvalue weighted by Gasteiger charge is -2.37. The van der Waals surface area contributed by atoms with Gasteiger partial charge in [0.2, 0.25) is 0 Å². The number of benzene rings is 2. The van der Waals surface area contributed by atoms with Gasteiger partial charge < -0.3 is 9.74 Å². The fraction of sp³-hybridized carbons (Fsp3) is 0.556. The van der Waals surface area contributed by atoms with Crippen molar-refractivity contribution in [1.82, 2.24) is 5.32 Å². The molecule has 0 aliphatic rings. The van der Waals surface area contributed by atoms with Gasteiger partial charge in [0.25, 0.3) is 0 Å². The van der Waals surface area contributed by atoms with Crippen molar-refractivity contribution in [3.8, 4) is 0 Å². The van der Waals surface area contributed by atoms with Gasteiger partial charge in [0, 0.05) is 26.1 Å². The molecular weight excluding hydrogens is 485 g/mol. The Kier molecular flexibility index (Phi) is 10.9. The monoisotopic (exact) mass is 525 g/mol. The van der Waals surface area contributed by atoms with Gasteiger partial charge in [0.1, 0.15) is 0 Å². The van der Waals surface area contributed by atoms with Gasteiger partial charge in [0.15, 0.2) is 9.76 Å².